The van der Waals surface area contributed by atoms with Gasteiger partial charge in [-0.05, 0) is 68.5 Å². The smallest absolute Gasteiger partial charge is 0.324 e. The molecule has 1 aliphatic rings. The van der Waals surface area contributed by atoms with Gasteiger partial charge in [0.1, 0.15) is 22.9 Å². The Balaban J connectivity index is 2.33. The normalized spacial score (nSPS) is 25.1. The molecule has 0 aromatic heterocycles. The molecule has 1 fully saturated rings. The van der Waals surface area contributed by atoms with Crippen LogP contribution in [0.2, 0.25) is 10.0 Å². The quantitative estimate of drug-likeness (QED) is 0.465. The van der Waals surface area contributed by atoms with Crippen molar-refractivity contribution in [1.82, 2.24) is 5.32 Å². The van der Waals surface area contributed by atoms with E-state index >= 15 is 4.39 Å². The number of ether oxygens (including phenoxy) is 1. The standard InChI is InChI=1S/C27H31Cl2FN2O2/c1-25(2,3)14-21-27(15-31,19-13-18(29)10-11-20(19)30)22(16-8-7-9-17(28)12-16)23(32-21)24(33)34-26(4,5)6/h7-13,21-23,32H,14H2,1-6H3/t21-,22+,23+,27-/m0/s1. The second-order valence-electron chi connectivity index (χ2n) is 11.1. The van der Waals surface area contributed by atoms with Gasteiger partial charge in [0, 0.05) is 27.6 Å². The van der Waals surface area contributed by atoms with Crippen molar-refractivity contribution in [1.29, 1.82) is 5.26 Å². The summed E-state index contributed by atoms with van der Waals surface area (Å²) in [5.74, 6) is -1.83. The molecule has 0 amide bonds. The fourth-order valence-electron chi connectivity index (χ4n) is 4.86. The lowest BCUT2D eigenvalue weighted by molar-refractivity contribution is -0.157. The molecule has 4 nitrogen and oxygen atoms in total. The number of nitrogens with zero attached hydrogens (tertiary/aromatic N) is 1. The maximum absolute atomic E-state index is 15.4. The molecule has 1 N–H and O–H groups in total. The molecule has 3 rings (SSSR count). The van der Waals surface area contributed by atoms with Crippen LogP contribution in [-0.4, -0.2) is 23.7 Å². The molecule has 0 unspecified atom stereocenters. The highest BCUT2D eigenvalue weighted by Crippen LogP contribution is 2.52. The molecular formula is C27H31Cl2FN2O2. The SMILES string of the molecule is CC(C)(C)C[C@@H]1N[C@@H](C(=O)OC(C)(C)C)[C@@H](c2cccc(Cl)c2)[C@@]1(C#N)c1cc(Cl)ccc1F. The van der Waals surface area contributed by atoms with Crippen molar-refractivity contribution in [3.63, 3.8) is 0 Å². The second-order valence-corrected chi connectivity index (χ2v) is 12.0. The molecule has 0 bridgehead atoms. The summed E-state index contributed by atoms with van der Waals surface area (Å²) in [5.41, 5.74) is -1.62. The molecule has 182 valence electrons. The van der Waals surface area contributed by atoms with Gasteiger partial charge in [-0.1, -0.05) is 56.1 Å². The Morgan fingerprint density at radius 1 is 1.12 bits per heavy atom. The predicted molar refractivity (Wildman–Crippen MR) is 134 cm³/mol. The number of hydrogen-bond acceptors (Lipinski definition) is 4. The van der Waals surface area contributed by atoms with E-state index in [4.69, 9.17) is 27.9 Å². The molecule has 0 aliphatic carbocycles. The van der Waals surface area contributed by atoms with Crippen molar-refractivity contribution in [2.75, 3.05) is 0 Å². The molecule has 2 aromatic rings. The van der Waals surface area contributed by atoms with Crippen LogP contribution in [0.5, 0.6) is 0 Å². The summed E-state index contributed by atoms with van der Waals surface area (Å²) in [6.07, 6.45) is 0.503. The van der Waals surface area contributed by atoms with Crippen LogP contribution in [0, 0.1) is 22.6 Å². The minimum Gasteiger partial charge on any atom is -0.459 e. The number of hydrogen-bond donors (Lipinski definition) is 1. The summed E-state index contributed by atoms with van der Waals surface area (Å²) < 4.78 is 21.2. The average molecular weight is 505 g/mol. The van der Waals surface area contributed by atoms with Gasteiger partial charge in [-0.2, -0.15) is 5.26 Å². The number of nitriles is 1. The van der Waals surface area contributed by atoms with Gasteiger partial charge in [0.25, 0.3) is 0 Å². The van der Waals surface area contributed by atoms with E-state index in [1.54, 1.807) is 39.0 Å². The lowest BCUT2D eigenvalue weighted by Gasteiger charge is -2.37. The summed E-state index contributed by atoms with van der Waals surface area (Å²) >= 11 is 12.6. The highest BCUT2D eigenvalue weighted by atomic mass is 35.5. The molecular weight excluding hydrogens is 474 g/mol. The number of esters is 1. The highest BCUT2D eigenvalue weighted by molar-refractivity contribution is 6.31. The Kier molecular flexibility index (Phi) is 7.39. The molecule has 0 saturated carbocycles. The van der Waals surface area contributed by atoms with Crippen molar-refractivity contribution in [2.24, 2.45) is 5.41 Å². The van der Waals surface area contributed by atoms with Gasteiger partial charge in [0.05, 0.1) is 6.07 Å². The van der Waals surface area contributed by atoms with Gasteiger partial charge in [-0.3, -0.25) is 10.1 Å². The molecule has 4 atom stereocenters. The highest BCUT2D eigenvalue weighted by Gasteiger charge is 2.61. The first-order chi connectivity index (χ1) is 15.7. The zero-order valence-electron chi connectivity index (χ0n) is 20.4. The number of halogens is 3. The minimum atomic E-state index is -1.45. The predicted octanol–water partition coefficient (Wildman–Crippen LogP) is 6.80. The first-order valence-corrected chi connectivity index (χ1v) is 12.0. The van der Waals surface area contributed by atoms with Crippen molar-refractivity contribution < 1.29 is 13.9 Å². The van der Waals surface area contributed by atoms with E-state index in [1.165, 1.54) is 18.2 Å². The molecule has 2 aromatic carbocycles. The molecule has 1 heterocycles. The Morgan fingerprint density at radius 2 is 1.76 bits per heavy atom. The Morgan fingerprint density at radius 3 is 2.32 bits per heavy atom. The summed E-state index contributed by atoms with van der Waals surface area (Å²) in [6, 6.07) is 12.2. The van der Waals surface area contributed by atoms with E-state index in [-0.39, 0.29) is 11.0 Å². The number of benzene rings is 2. The van der Waals surface area contributed by atoms with Crippen LogP contribution in [0.3, 0.4) is 0 Å². The third kappa shape index (κ3) is 5.40. The van der Waals surface area contributed by atoms with Crippen molar-refractivity contribution in [2.45, 2.75) is 77.0 Å². The summed E-state index contributed by atoms with van der Waals surface area (Å²) in [6.45, 7) is 11.5. The lowest BCUT2D eigenvalue weighted by atomic mass is 9.63. The number of rotatable bonds is 4. The molecule has 1 aliphatic heterocycles. The van der Waals surface area contributed by atoms with Crippen LogP contribution < -0.4 is 5.32 Å². The molecule has 0 radical (unpaired) electrons. The first kappa shape index (κ1) is 26.5. The fraction of sp³-hybridized carbons (Fsp3) is 0.481. The van der Waals surface area contributed by atoms with Crippen LogP contribution in [-0.2, 0) is 14.9 Å². The topological polar surface area (TPSA) is 62.1 Å². The fourth-order valence-corrected chi connectivity index (χ4v) is 5.23. The second kappa shape index (κ2) is 9.49. The van der Waals surface area contributed by atoms with Gasteiger partial charge < -0.3 is 4.74 Å². The van der Waals surface area contributed by atoms with Gasteiger partial charge in [0.15, 0.2) is 0 Å². The van der Waals surface area contributed by atoms with E-state index in [0.29, 0.717) is 22.0 Å². The largest absolute Gasteiger partial charge is 0.459 e. The maximum atomic E-state index is 15.4. The summed E-state index contributed by atoms with van der Waals surface area (Å²) in [7, 11) is 0. The van der Waals surface area contributed by atoms with E-state index in [1.807, 2.05) is 26.8 Å². The van der Waals surface area contributed by atoms with Crippen LogP contribution in [0.4, 0.5) is 4.39 Å². The monoisotopic (exact) mass is 504 g/mol. The molecule has 34 heavy (non-hydrogen) atoms. The van der Waals surface area contributed by atoms with Crippen LogP contribution in [0.15, 0.2) is 42.5 Å². The van der Waals surface area contributed by atoms with Crippen LogP contribution in [0.1, 0.15) is 65.0 Å². The van der Waals surface area contributed by atoms with Crippen LogP contribution in [0.25, 0.3) is 0 Å². The van der Waals surface area contributed by atoms with E-state index < -0.39 is 40.8 Å². The van der Waals surface area contributed by atoms with Crippen molar-refractivity contribution in [3.8, 4) is 6.07 Å². The number of nitrogens with one attached hydrogen (secondary N) is 1. The average Bonchev–Trinajstić information content (AvgIpc) is 3.02. The number of carbonyl (C=O) groups is 1. The molecule has 0 spiro atoms. The van der Waals surface area contributed by atoms with Gasteiger partial charge >= 0.3 is 5.97 Å². The Labute approximate surface area is 211 Å². The van der Waals surface area contributed by atoms with Gasteiger partial charge in [-0.25, -0.2) is 4.39 Å². The van der Waals surface area contributed by atoms with Gasteiger partial charge in [-0.15, -0.1) is 0 Å². The number of carbonyl (C=O) groups excluding carboxylic acids is 1. The molecule has 7 heteroatoms. The zero-order chi connectivity index (χ0) is 25.5. The van der Waals surface area contributed by atoms with E-state index in [9.17, 15) is 10.1 Å². The Bertz CT molecular complexity index is 1120. The summed E-state index contributed by atoms with van der Waals surface area (Å²) in [4.78, 5) is 13.5. The van der Waals surface area contributed by atoms with Crippen molar-refractivity contribution in [3.05, 3.63) is 69.5 Å². The lowest BCUT2D eigenvalue weighted by Crippen LogP contribution is -2.44. The van der Waals surface area contributed by atoms with E-state index in [0.717, 1.165) is 0 Å². The van der Waals surface area contributed by atoms with Crippen molar-refractivity contribution >= 4 is 29.2 Å². The first-order valence-electron chi connectivity index (χ1n) is 11.3. The third-order valence-corrected chi connectivity index (χ3v) is 6.47. The van der Waals surface area contributed by atoms with Gasteiger partial charge in [0.2, 0.25) is 0 Å². The van der Waals surface area contributed by atoms with E-state index in [2.05, 4.69) is 11.4 Å². The van der Waals surface area contributed by atoms with Crippen LogP contribution >= 0.6 is 23.2 Å². The molecule has 1 saturated heterocycles. The Hall–Kier alpha value is -2.13. The minimum absolute atomic E-state index is 0.153. The zero-order valence-corrected chi connectivity index (χ0v) is 21.9. The third-order valence-electron chi connectivity index (χ3n) is 6.00. The summed E-state index contributed by atoms with van der Waals surface area (Å²) in [5, 5.41) is 14.9. The maximum Gasteiger partial charge on any atom is 0.324 e.